The van der Waals surface area contributed by atoms with Crippen LogP contribution in [0.1, 0.15) is 11.3 Å². The summed E-state index contributed by atoms with van der Waals surface area (Å²) < 4.78 is 10.9. The Hall–Kier alpha value is -2.97. The lowest BCUT2D eigenvalue weighted by Gasteiger charge is -2.19. The van der Waals surface area contributed by atoms with Gasteiger partial charge in [0.25, 0.3) is 0 Å². The molecule has 0 bridgehead atoms. The van der Waals surface area contributed by atoms with Gasteiger partial charge in [-0.25, -0.2) is 14.8 Å². The van der Waals surface area contributed by atoms with Gasteiger partial charge in [0.2, 0.25) is 5.95 Å². The quantitative estimate of drug-likeness (QED) is 0.764. The van der Waals surface area contributed by atoms with Gasteiger partial charge in [0, 0.05) is 11.3 Å². The number of anilines is 1. The number of nitrogens with zero attached hydrogens (tertiary/aromatic N) is 3. The van der Waals surface area contributed by atoms with Crippen LogP contribution in [0.15, 0.2) is 30.0 Å². The Labute approximate surface area is 176 Å². The topological polar surface area (TPSA) is 103 Å². The number of fused-ring (bicyclic) bond motifs is 1. The molecule has 0 radical (unpaired) electrons. The van der Waals surface area contributed by atoms with Crippen molar-refractivity contribution >= 4 is 35.2 Å². The van der Waals surface area contributed by atoms with Gasteiger partial charge in [-0.3, -0.25) is 0 Å². The molecule has 1 aromatic carbocycles. The third kappa shape index (κ3) is 3.34. The highest BCUT2D eigenvalue weighted by Crippen LogP contribution is 2.48. The molecule has 4 rings (SSSR count). The summed E-state index contributed by atoms with van der Waals surface area (Å²) >= 11 is 12.7. The Morgan fingerprint density at radius 3 is 2.52 bits per heavy atom. The number of carbonyl (C=O) groups excluding carboxylic acids is 1. The number of nitrogen functional groups attached to an aromatic ring is 1. The highest BCUT2D eigenvalue weighted by molar-refractivity contribution is 6.38. The number of hydrogen-bond donors (Lipinski definition) is 2. The van der Waals surface area contributed by atoms with Crippen molar-refractivity contribution in [1.29, 1.82) is 0 Å². The molecule has 2 aromatic rings. The molecule has 3 N–H and O–H groups in total. The van der Waals surface area contributed by atoms with E-state index in [9.17, 15) is 4.79 Å². The van der Waals surface area contributed by atoms with Crippen molar-refractivity contribution < 1.29 is 14.3 Å². The Kier molecular flexibility index (Phi) is 4.97. The Bertz CT molecular complexity index is 1080. The molecular formula is C19H17Cl2N5O3. The average molecular weight is 434 g/mol. The van der Waals surface area contributed by atoms with Gasteiger partial charge in [-0.05, 0) is 18.2 Å². The number of nitrogens with one attached hydrogen (secondary N) is 1. The molecule has 2 aliphatic rings. The van der Waals surface area contributed by atoms with Gasteiger partial charge in [0.05, 0.1) is 54.3 Å². The zero-order valence-corrected chi connectivity index (χ0v) is 17.1. The van der Waals surface area contributed by atoms with E-state index in [1.807, 2.05) is 18.2 Å². The Morgan fingerprint density at radius 1 is 1.17 bits per heavy atom. The zero-order chi connectivity index (χ0) is 20.7. The number of ether oxygens (including phenoxy) is 2. The highest BCUT2D eigenvalue weighted by Gasteiger charge is 2.32. The molecule has 2 amide bonds. The van der Waals surface area contributed by atoms with Crippen molar-refractivity contribution in [2.45, 2.75) is 13.1 Å². The van der Waals surface area contributed by atoms with Gasteiger partial charge in [-0.2, -0.15) is 0 Å². The van der Waals surface area contributed by atoms with E-state index >= 15 is 0 Å². The summed E-state index contributed by atoms with van der Waals surface area (Å²) in [5, 5.41) is 3.45. The predicted molar refractivity (Wildman–Crippen MR) is 110 cm³/mol. The van der Waals surface area contributed by atoms with Gasteiger partial charge >= 0.3 is 6.03 Å². The summed E-state index contributed by atoms with van der Waals surface area (Å²) in [6.07, 6.45) is 5.48. The molecule has 150 valence electrons. The summed E-state index contributed by atoms with van der Waals surface area (Å²) in [4.78, 5) is 22.9. The van der Waals surface area contributed by atoms with E-state index in [-0.39, 0.29) is 18.5 Å². The van der Waals surface area contributed by atoms with Crippen molar-refractivity contribution in [1.82, 2.24) is 20.2 Å². The number of urea groups is 1. The zero-order valence-electron chi connectivity index (χ0n) is 15.6. The summed E-state index contributed by atoms with van der Waals surface area (Å²) in [6, 6.07) is 1.31. The number of hydrogen-bond acceptors (Lipinski definition) is 6. The van der Waals surface area contributed by atoms with Gasteiger partial charge in [-0.1, -0.05) is 29.3 Å². The maximum Gasteiger partial charge on any atom is 0.322 e. The van der Waals surface area contributed by atoms with Crippen LogP contribution in [-0.4, -0.2) is 35.1 Å². The molecule has 1 aliphatic carbocycles. The van der Waals surface area contributed by atoms with Crippen molar-refractivity contribution in [2.75, 3.05) is 20.0 Å². The first kappa shape index (κ1) is 19.4. The van der Waals surface area contributed by atoms with E-state index in [2.05, 4.69) is 15.3 Å². The first-order chi connectivity index (χ1) is 13.9. The fourth-order valence-corrected chi connectivity index (χ4v) is 3.90. The lowest BCUT2D eigenvalue weighted by molar-refractivity contribution is 0.201. The van der Waals surface area contributed by atoms with Crippen LogP contribution in [0.25, 0.3) is 11.3 Å². The predicted octanol–water partition coefficient (Wildman–Crippen LogP) is 3.53. The SMILES string of the molecule is COc1c(Cl)cc(Cl)c(-c2nc(N)nc3c2CN(C(=O)NC2=CC=C2)C3)c1OC. The van der Waals surface area contributed by atoms with Crippen molar-refractivity contribution in [3.05, 3.63) is 51.3 Å². The third-order valence-electron chi connectivity index (χ3n) is 4.68. The fourth-order valence-electron chi connectivity index (χ4n) is 3.29. The van der Waals surface area contributed by atoms with Crippen molar-refractivity contribution in [2.24, 2.45) is 0 Å². The number of benzene rings is 1. The van der Waals surface area contributed by atoms with Gasteiger partial charge < -0.3 is 25.4 Å². The van der Waals surface area contributed by atoms with Crippen LogP contribution in [0.2, 0.25) is 10.0 Å². The van der Waals surface area contributed by atoms with Gasteiger partial charge in [0.1, 0.15) is 0 Å². The molecule has 2 heterocycles. The number of aromatic nitrogens is 2. The molecule has 0 spiro atoms. The molecule has 1 aromatic heterocycles. The van der Waals surface area contributed by atoms with Crippen molar-refractivity contribution in [3.63, 3.8) is 0 Å². The van der Waals surface area contributed by atoms with Crippen LogP contribution in [0.3, 0.4) is 0 Å². The smallest absolute Gasteiger partial charge is 0.322 e. The van der Waals surface area contributed by atoms with Crippen LogP contribution >= 0.6 is 23.2 Å². The molecule has 0 saturated carbocycles. The number of allylic oxidation sites excluding steroid dienone is 3. The van der Waals surface area contributed by atoms with Gasteiger partial charge in [-0.15, -0.1) is 0 Å². The van der Waals surface area contributed by atoms with E-state index in [0.29, 0.717) is 45.0 Å². The Balaban J connectivity index is 1.78. The van der Waals surface area contributed by atoms with E-state index < -0.39 is 0 Å². The molecule has 8 nitrogen and oxygen atoms in total. The molecule has 0 fully saturated rings. The molecule has 1 aliphatic heterocycles. The van der Waals surface area contributed by atoms with E-state index in [1.165, 1.54) is 14.2 Å². The first-order valence-electron chi connectivity index (χ1n) is 8.62. The molecular weight excluding hydrogens is 417 g/mol. The second kappa shape index (κ2) is 7.46. The van der Waals surface area contributed by atoms with E-state index in [1.54, 1.807) is 11.0 Å². The van der Waals surface area contributed by atoms with E-state index in [0.717, 1.165) is 11.3 Å². The minimum atomic E-state index is -0.241. The summed E-state index contributed by atoms with van der Waals surface area (Å²) in [7, 11) is 2.97. The summed E-state index contributed by atoms with van der Waals surface area (Å²) in [6.45, 7) is 0.584. The second-order valence-electron chi connectivity index (χ2n) is 6.40. The Morgan fingerprint density at radius 2 is 1.90 bits per heavy atom. The lowest BCUT2D eigenvalue weighted by Crippen LogP contribution is -2.36. The monoisotopic (exact) mass is 433 g/mol. The van der Waals surface area contributed by atoms with Crippen LogP contribution in [0.4, 0.5) is 10.7 Å². The summed E-state index contributed by atoms with van der Waals surface area (Å²) in [5.74, 6) is 0.728. The van der Waals surface area contributed by atoms with Crippen LogP contribution in [0, 0.1) is 0 Å². The minimum Gasteiger partial charge on any atom is -0.492 e. The molecule has 0 saturated heterocycles. The van der Waals surface area contributed by atoms with Gasteiger partial charge in [0.15, 0.2) is 11.5 Å². The molecule has 0 unspecified atom stereocenters. The maximum atomic E-state index is 12.6. The van der Waals surface area contributed by atoms with Crippen LogP contribution < -0.4 is 20.5 Å². The largest absolute Gasteiger partial charge is 0.492 e. The number of carbonyl (C=O) groups is 1. The molecule has 0 atom stereocenters. The third-order valence-corrected chi connectivity index (χ3v) is 5.26. The number of methoxy groups -OCH3 is 2. The number of amides is 2. The fraction of sp³-hybridized carbons (Fsp3) is 0.211. The number of rotatable bonds is 4. The maximum absolute atomic E-state index is 12.6. The highest BCUT2D eigenvalue weighted by atomic mass is 35.5. The minimum absolute atomic E-state index is 0.0673. The first-order valence-corrected chi connectivity index (χ1v) is 9.38. The second-order valence-corrected chi connectivity index (χ2v) is 7.22. The lowest BCUT2D eigenvalue weighted by atomic mass is 10.0. The normalized spacial score (nSPS) is 14.2. The number of halogens is 2. The van der Waals surface area contributed by atoms with Crippen molar-refractivity contribution in [3.8, 4) is 22.8 Å². The van der Waals surface area contributed by atoms with Crippen LogP contribution in [-0.2, 0) is 13.1 Å². The van der Waals surface area contributed by atoms with Crippen LogP contribution in [0.5, 0.6) is 11.5 Å². The average Bonchev–Trinajstić information content (AvgIpc) is 3.07. The molecule has 10 heteroatoms. The summed E-state index contributed by atoms with van der Waals surface area (Å²) in [5.41, 5.74) is 9.03. The van der Waals surface area contributed by atoms with E-state index in [4.69, 9.17) is 38.4 Å². The molecule has 29 heavy (non-hydrogen) atoms. The standard InChI is InChI=1S/C19H17Cl2N5O3/c1-28-16-12(21)6-11(20)14(17(16)29-2)15-10-7-26(8-13(10)24-18(22)25-15)19(27)23-9-4-3-5-9/h3-6H,7-8H2,1-2H3,(H,23,27)(H2,22,24,25). The number of nitrogens with two attached hydrogens (primary N) is 1.